The van der Waals surface area contributed by atoms with Crippen molar-refractivity contribution in [3.8, 4) is 22.8 Å². The first kappa shape index (κ1) is 19.5. The molecule has 0 bridgehead atoms. The van der Waals surface area contributed by atoms with E-state index in [0.717, 1.165) is 33.7 Å². The first-order chi connectivity index (χ1) is 14.7. The number of methoxy groups -OCH3 is 1. The van der Waals surface area contributed by atoms with Gasteiger partial charge in [-0.3, -0.25) is 4.79 Å². The number of amides is 1. The van der Waals surface area contributed by atoms with Gasteiger partial charge in [0.15, 0.2) is 0 Å². The van der Waals surface area contributed by atoms with Crippen molar-refractivity contribution in [1.29, 1.82) is 0 Å². The van der Waals surface area contributed by atoms with Gasteiger partial charge >= 0.3 is 0 Å². The highest BCUT2D eigenvalue weighted by Crippen LogP contribution is 2.27. The van der Waals surface area contributed by atoms with E-state index in [1.54, 1.807) is 7.11 Å². The van der Waals surface area contributed by atoms with E-state index in [2.05, 4.69) is 5.32 Å². The Kier molecular flexibility index (Phi) is 5.61. The summed E-state index contributed by atoms with van der Waals surface area (Å²) in [6.45, 7) is 2.57. The van der Waals surface area contributed by atoms with Gasteiger partial charge in [0.1, 0.15) is 11.5 Å². The van der Waals surface area contributed by atoms with Gasteiger partial charge < -0.3 is 14.8 Å². The van der Waals surface area contributed by atoms with Crippen molar-refractivity contribution < 1.29 is 14.3 Å². The summed E-state index contributed by atoms with van der Waals surface area (Å²) in [7, 11) is 1.61. The average molecular weight is 398 g/mol. The molecular weight excluding hydrogens is 376 g/mol. The second kappa shape index (κ2) is 8.66. The quantitative estimate of drug-likeness (QED) is 0.462. The van der Waals surface area contributed by atoms with Crippen LogP contribution in [0.2, 0.25) is 0 Å². The van der Waals surface area contributed by atoms with Gasteiger partial charge in [-0.25, -0.2) is 4.98 Å². The Balaban J connectivity index is 1.71. The lowest BCUT2D eigenvalue weighted by Crippen LogP contribution is -2.13. The molecule has 0 fully saturated rings. The number of benzene rings is 3. The van der Waals surface area contributed by atoms with Crippen LogP contribution in [0.4, 0.5) is 5.69 Å². The molecule has 1 amide bonds. The molecule has 0 atom stereocenters. The molecule has 5 heteroatoms. The minimum absolute atomic E-state index is 0.189. The van der Waals surface area contributed by atoms with Crippen LogP contribution >= 0.6 is 0 Å². The van der Waals surface area contributed by atoms with E-state index >= 15 is 0 Å². The zero-order valence-corrected chi connectivity index (χ0v) is 16.9. The Hall–Kier alpha value is -3.86. The molecule has 4 aromatic rings. The van der Waals surface area contributed by atoms with Crippen LogP contribution in [0.3, 0.4) is 0 Å². The molecule has 4 rings (SSSR count). The summed E-state index contributed by atoms with van der Waals surface area (Å²) in [6.07, 6.45) is 0. The number of pyridine rings is 1. The number of hydrogen-bond donors (Lipinski definition) is 1. The topological polar surface area (TPSA) is 60.5 Å². The molecule has 0 radical (unpaired) electrons. The van der Waals surface area contributed by atoms with Crippen LogP contribution in [0.25, 0.3) is 22.2 Å². The van der Waals surface area contributed by atoms with Gasteiger partial charge in [0.25, 0.3) is 5.91 Å². The molecule has 0 saturated heterocycles. The molecule has 1 N–H and O–H groups in total. The van der Waals surface area contributed by atoms with Gasteiger partial charge in [-0.1, -0.05) is 18.2 Å². The first-order valence-electron chi connectivity index (χ1n) is 9.76. The fraction of sp³-hybridized carbons (Fsp3) is 0.120. The number of rotatable bonds is 6. The van der Waals surface area contributed by atoms with Crippen LogP contribution in [-0.2, 0) is 0 Å². The summed E-state index contributed by atoms with van der Waals surface area (Å²) in [5.41, 5.74) is 3.69. The molecule has 150 valence electrons. The Morgan fingerprint density at radius 3 is 2.33 bits per heavy atom. The van der Waals surface area contributed by atoms with Gasteiger partial charge in [0.2, 0.25) is 0 Å². The van der Waals surface area contributed by atoms with Crippen LogP contribution in [0, 0.1) is 0 Å². The highest BCUT2D eigenvalue weighted by atomic mass is 16.5. The Labute approximate surface area is 175 Å². The molecule has 1 heterocycles. The third-order valence-corrected chi connectivity index (χ3v) is 4.77. The number of ether oxygens (including phenoxy) is 2. The second-order valence-electron chi connectivity index (χ2n) is 6.71. The highest BCUT2D eigenvalue weighted by molar-refractivity contribution is 6.13. The van der Waals surface area contributed by atoms with E-state index in [9.17, 15) is 4.79 Å². The molecule has 0 aliphatic carbocycles. The lowest BCUT2D eigenvalue weighted by Gasteiger charge is -2.11. The van der Waals surface area contributed by atoms with Crippen molar-refractivity contribution in [2.75, 3.05) is 19.0 Å². The number of carbonyl (C=O) groups excluding carboxylic acids is 1. The van der Waals surface area contributed by atoms with E-state index in [0.29, 0.717) is 17.9 Å². The lowest BCUT2D eigenvalue weighted by molar-refractivity contribution is 0.102. The zero-order chi connectivity index (χ0) is 20.9. The number of hydrogen-bond acceptors (Lipinski definition) is 4. The van der Waals surface area contributed by atoms with Gasteiger partial charge in [-0.15, -0.1) is 0 Å². The SMILES string of the molecule is CCOc1ccc(-c2cc(C(=O)Nc3ccc(OC)cc3)c3ccccc3n2)cc1. The summed E-state index contributed by atoms with van der Waals surface area (Å²) in [5.74, 6) is 1.35. The molecule has 3 aromatic carbocycles. The van der Waals surface area contributed by atoms with Crippen molar-refractivity contribution in [3.63, 3.8) is 0 Å². The number of nitrogens with zero attached hydrogens (tertiary/aromatic N) is 1. The Morgan fingerprint density at radius 2 is 1.63 bits per heavy atom. The normalized spacial score (nSPS) is 10.6. The minimum Gasteiger partial charge on any atom is -0.497 e. The first-order valence-corrected chi connectivity index (χ1v) is 9.76. The average Bonchev–Trinajstić information content (AvgIpc) is 2.79. The molecular formula is C25H22N2O3. The third-order valence-electron chi connectivity index (χ3n) is 4.77. The van der Waals surface area contributed by atoms with E-state index in [1.165, 1.54) is 0 Å². The van der Waals surface area contributed by atoms with E-state index < -0.39 is 0 Å². The van der Waals surface area contributed by atoms with Crippen molar-refractivity contribution in [1.82, 2.24) is 4.98 Å². The minimum atomic E-state index is -0.189. The number of fused-ring (bicyclic) bond motifs is 1. The number of para-hydroxylation sites is 1. The fourth-order valence-electron chi connectivity index (χ4n) is 3.27. The molecule has 0 saturated carbocycles. The summed E-state index contributed by atoms with van der Waals surface area (Å²) < 4.78 is 10.7. The van der Waals surface area contributed by atoms with Gasteiger partial charge in [-0.05, 0) is 67.6 Å². The number of carbonyl (C=O) groups is 1. The van der Waals surface area contributed by atoms with Gasteiger partial charge in [-0.2, -0.15) is 0 Å². The number of aromatic nitrogens is 1. The molecule has 5 nitrogen and oxygen atoms in total. The molecule has 0 aliphatic rings. The second-order valence-corrected chi connectivity index (χ2v) is 6.71. The zero-order valence-electron chi connectivity index (χ0n) is 16.9. The van der Waals surface area contributed by atoms with Crippen molar-refractivity contribution in [2.24, 2.45) is 0 Å². The van der Waals surface area contributed by atoms with Crippen LogP contribution in [0.15, 0.2) is 78.9 Å². The smallest absolute Gasteiger partial charge is 0.256 e. The third kappa shape index (κ3) is 4.10. The summed E-state index contributed by atoms with van der Waals surface area (Å²) in [6, 6.07) is 24.5. The monoisotopic (exact) mass is 398 g/mol. The summed E-state index contributed by atoms with van der Waals surface area (Å²) in [5, 5.41) is 3.77. The van der Waals surface area contributed by atoms with Crippen LogP contribution in [0.5, 0.6) is 11.5 Å². The largest absolute Gasteiger partial charge is 0.497 e. The van der Waals surface area contributed by atoms with E-state index in [4.69, 9.17) is 14.5 Å². The maximum absolute atomic E-state index is 13.1. The van der Waals surface area contributed by atoms with Crippen molar-refractivity contribution in [3.05, 3.63) is 84.4 Å². The number of anilines is 1. The van der Waals surface area contributed by atoms with Crippen molar-refractivity contribution >= 4 is 22.5 Å². The van der Waals surface area contributed by atoms with E-state index in [-0.39, 0.29) is 5.91 Å². The predicted molar refractivity (Wildman–Crippen MR) is 119 cm³/mol. The predicted octanol–water partition coefficient (Wildman–Crippen LogP) is 5.56. The van der Waals surface area contributed by atoms with Crippen LogP contribution in [-0.4, -0.2) is 24.6 Å². The maximum atomic E-state index is 13.1. The van der Waals surface area contributed by atoms with Crippen molar-refractivity contribution in [2.45, 2.75) is 6.92 Å². The summed E-state index contributed by atoms with van der Waals surface area (Å²) >= 11 is 0. The number of nitrogens with one attached hydrogen (secondary N) is 1. The highest BCUT2D eigenvalue weighted by Gasteiger charge is 2.14. The molecule has 0 aliphatic heterocycles. The fourth-order valence-corrected chi connectivity index (χ4v) is 3.27. The Bertz CT molecular complexity index is 1170. The summed E-state index contributed by atoms with van der Waals surface area (Å²) in [4.78, 5) is 17.9. The van der Waals surface area contributed by atoms with Crippen LogP contribution in [0.1, 0.15) is 17.3 Å². The maximum Gasteiger partial charge on any atom is 0.256 e. The van der Waals surface area contributed by atoms with E-state index in [1.807, 2.05) is 85.8 Å². The molecule has 0 unspecified atom stereocenters. The molecule has 0 spiro atoms. The molecule has 30 heavy (non-hydrogen) atoms. The van der Waals surface area contributed by atoms with Gasteiger partial charge in [0, 0.05) is 16.6 Å². The van der Waals surface area contributed by atoms with Gasteiger partial charge in [0.05, 0.1) is 30.5 Å². The molecule has 1 aromatic heterocycles. The Morgan fingerprint density at radius 1 is 0.933 bits per heavy atom. The van der Waals surface area contributed by atoms with Crippen LogP contribution < -0.4 is 14.8 Å². The standard InChI is InChI=1S/C25H22N2O3/c1-3-30-20-12-8-17(9-13-20)24-16-22(21-6-4-5-7-23(21)27-24)25(28)26-18-10-14-19(29-2)15-11-18/h4-16H,3H2,1-2H3,(H,26,28). The lowest BCUT2D eigenvalue weighted by atomic mass is 10.0.